The molecular weight excluding hydrogens is 215 g/mol. The Kier molecular flexibility index (Phi) is 2.36. The minimum absolute atomic E-state index is 0.338. The first-order valence-electron chi connectivity index (χ1n) is 5.91. The fourth-order valence-electron chi connectivity index (χ4n) is 2.78. The van der Waals surface area contributed by atoms with Crippen LogP contribution in [0, 0.1) is 29.0 Å². The first-order chi connectivity index (χ1) is 8.28. The molecule has 2 nitrogen and oxygen atoms in total. The van der Waals surface area contributed by atoms with E-state index >= 15 is 0 Å². The molecule has 0 heterocycles. The van der Waals surface area contributed by atoms with E-state index in [9.17, 15) is 4.39 Å². The summed E-state index contributed by atoms with van der Waals surface area (Å²) >= 11 is 0. The molecule has 86 valence electrons. The normalized spacial score (nSPS) is 29.3. The maximum atomic E-state index is 13.7. The highest BCUT2D eigenvalue weighted by molar-refractivity contribution is 5.50. The number of nitrogens with zero attached hydrogens (tertiary/aromatic N) is 1. The molecule has 1 N–H and O–H groups in total. The summed E-state index contributed by atoms with van der Waals surface area (Å²) in [7, 11) is 0. The van der Waals surface area contributed by atoms with E-state index in [2.05, 4.69) is 17.5 Å². The minimum Gasteiger partial charge on any atom is -0.379 e. The standard InChI is InChI=1S/C14H13FN2/c15-12-6-9(8-16)4-5-13(12)17-14-7-10-2-1-3-11(10)14/h1,3-6,10-11,14,17H,2,7H2. The Morgan fingerprint density at radius 1 is 1.41 bits per heavy atom. The fourth-order valence-corrected chi connectivity index (χ4v) is 2.78. The predicted molar refractivity (Wildman–Crippen MR) is 63.9 cm³/mol. The van der Waals surface area contributed by atoms with Crippen LogP contribution >= 0.6 is 0 Å². The Hall–Kier alpha value is -1.82. The summed E-state index contributed by atoms with van der Waals surface area (Å²) in [5.41, 5.74) is 0.869. The smallest absolute Gasteiger partial charge is 0.147 e. The van der Waals surface area contributed by atoms with Crippen LogP contribution in [0.1, 0.15) is 18.4 Å². The zero-order valence-electron chi connectivity index (χ0n) is 9.36. The lowest BCUT2D eigenvalue weighted by atomic mass is 9.71. The maximum absolute atomic E-state index is 13.7. The molecule has 3 rings (SSSR count). The van der Waals surface area contributed by atoms with E-state index in [1.165, 1.54) is 12.5 Å². The molecule has 2 aliphatic carbocycles. The van der Waals surface area contributed by atoms with Crippen molar-refractivity contribution in [1.29, 1.82) is 5.26 Å². The SMILES string of the molecule is N#Cc1ccc(NC2CC3CC=CC32)c(F)c1. The first kappa shape index (κ1) is 10.3. The van der Waals surface area contributed by atoms with Gasteiger partial charge in [-0.1, -0.05) is 12.2 Å². The topological polar surface area (TPSA) is 35.8 Å². The monoisotopic (exact) mass is 228 g/mol. The van der Waals surface area contributed by atoms with E-state index in [-0.39, 0.29) is 5.82 Å². The summed E-state index contributed by atoms with van der Waals surface area (Å²) in [5, 5.41) is 11.9. The number of benzene rings is 1. The van der Waals surface area contributed by atoms with E-state index in [1.54, 1.807) is 12.1 Å². The van der Waals surface area contributed by atoms with Gasteiger partial charge in [0.1, 0.15) is 5.82 Å². The van der Waals surface area contributed by atoms with Crippen molar-refractivity contribution in [3.05, 3.63) is 41.7 Å². The number of nitriles is 1. The Bertz CT molecular complexity index is 515. The zero-order chi connectivity index (χ0) is 11.8. The molecule has 1 fully saturated rings. The van der Waals surface area contributed by atoms with Crippen LogP contribution in [0.4, 0.5) is 10.1 Å². The maximum Gasteiger partial charge on any atom is 0.147 e. The molecule has 1 aromatic rings. The molecular formula is C14H13FN2. The lowest BCUT2D eigenvalue weighted by Crippen LogP contribution is -2.43. The Labute approximate surface area is 99.8 Å². The van der Waals surface area contributed by atoms with Crippen molar-refractivity contribution in [2.45, 2.75) is 18.9 Å². The van der Waals surface area contributed by atoms with Crippen LogP contribution in [0.25, 0.3) is 0 Å². The van der Waals surface area contributed by atoms with E-state index < -0.39 is 0 Å². The number of rotatable bonds is 2. The second kappa shape index (κ2) is 3.89. The van der Waals surface area contributed by atoms with Crippen molar-refractivity contribution in [3.63, 3.8) is 0 Å². The minimum atomic E-state index is -0.338. The summed E-state index contributed by atoms with van der Waals surface area (Å²) in [6, 6.07) is 6.86. The molecule has 3 atom stereocenters. The third kappa shape index (κ3) is 1.70. The molecule has 3 heteroatoms. The number of hydrogen-bond donors (Lipinski definition) is 1. The number of allylic oxidation sites excluding steroid dienone is 1. The highest BCUT2D eigenvalue weighted by Crippen LogP contribution is 2.44. The van der Waals surface area contributed by atoms with Gasteiger partial charge in [0.15, 0.2) is 0 Å². The molecule has 0 aromatic heterocycles. The van der Waals surface area contributed by atoms with Crippen LogP contribution in [0.3, 0.4) is 0 Å². The van der Waals surface area contributed by atoms with Crippen LogP contribution in [0.15, 0.2) is 30.4 Å². The molecule has 0 radical (unpaired) electrons. The fraction of sp³-hybridized carbons (Fsp3) is 0.357. The van der Waals surface area contributed by atoms with Gasteiger partial charge in [-0.2, -0.15) is 5.26 Å². The first-order valence-corrected chi connectivity index (χ1v) is 5.91. The van der Waals surface area contributed by atoms with Crippen LogP contribution in [0.5, 0.6) is 0 Å². The second-order valence-electron chi connectivity index (χ2n) is 4.79. The van der Waals surface area contributed by atoms with E-state index in [1.807, 2.05) is 6.07 Å². The highest BCUT2D eigenvalue weighted by atomic mass is 19.1. The van der Waals surface area contributed by atoms with E-state index in [0.29, 0.717) is 23.2 Å². The number of nitrogens with one attached hydrogen (secondary N) is 1. The van der Waals surface area contributed by atoms with Gasteiger partial charge in [-0.05, 0) is 37.0 Å². The third-order valence-electron chi connectivity index (χ3n) is 3.80. The summed E-state index contributed by atoms with van der Waals surface area (Å²) in [6.45, 7) is 0. The quantitative estimate of drug-likeness (QED) is 0.789. The van der Waals surface area contributed by atoms with Gasteiger partial charge in [0.25, 0.3) is 0 Å². The van der Waals surface area contributed by atoms with Crippen molar-refractivity contribution >= 4 is 5.69 Å². The van der Waals surface area contributed by atoms with Gasteiger partial charge in [0, 0.05) is 12.0 Å². The van der Waals surface area contributed by atoms with Crippen molar-refractivity contribution < 1.29 is 4.39 Å². The number of halogens is 1. The van der Waals surface area contributed by atoms with Crippen molar-refractivity contribution in [2.75, 3.05) is 5.32 Å². The lowest BCUT2D eigenvalue weighted by Gasteiger charge is -2.41. The van der Waals surface area contributed by atoms with Crippen LogP contribution < -0.4 is 5.32 Å². The van der Waals surface area contributed by atoms with Crippen molar-refractivity contribution in [1.82, 2.24) is 0 Å². The van der Waals surface area contributed by atoms with Gasteiger partial charge >= 0.3 is 0 Å². The van der Waals surface area contributed by atoms with Gasteiger partial charge in [0.05, 0.1) is 17.3 Å². The molecule has 0 spiro atoms. The molecule has 1 aromatic carbocycles. The molecule has 0 aliphatic heterocycles. The zero-order valence-corrected chi connectivity index (χ0v) is 9.36. The third-order valence-corrected chi connectivity index (χ3v) is 3.80. The largest absolute Gasteiger partial charge is 0.379 e. The average molecular weight is 228 g/mol. The Morgan fingerprint density at radius 2 is 2.29 bits per heavy atom. The summed E-state index contributed by atoms with van der Waals surface area (Å²) in [6.07, 6.45) is 6.72. The molecule has 0 saturated heterocycles. The van der Waals surface area contributed by atoms with Crippen LogP contribution in [-0.4, -0.2) is 6.04 Å². The molecule has 3 unspecified atom stereocenters. The second-order valence-corrected chi connectivity index (χ2v) is 4.79. The van der Waals surface area contributed by atoms with Crippen molar-refractivity contribution in [3.8, 4) is 6.07 Å². The van der Waals surface area contributed by atoms with Crippen LogP contribution in [0.2, 0.25) is 0 Å². The van der Waals surface area contributed by atoms with Gasteiger partial charge < -0.3 is 5.32 Å². The van der Waals surface area contributed by atoms with Crippen LogP contribution in [-0.2, 0) is 0 Å². The molecule has 0 bridgehead atoms. The molecule has 17 heavy (non-hydrogen) atoms. The van der Waals surface area contributed by atoms with E-state index in [4.69, 9.17) is 5.26 Å². The van der Waals surface area contributed by atoms with Gasteiger partial charge in [-0.25, -0.2) is 4.39 Å². The number of hydrogen-bond acceptors (Lipinski definition) is 2. The Morgan fingerprint density at radius 3 is 3.00 bits per heavy atom. The lowest BCUT2D eigenvalue weighted by molar-refractivity contribution is 0.217. The predicted octanol–water partition coefficient (Wildman–Crippen LogP) is 3.07. The van der Waals surface area contributed by atoms with E-state index in [0.717, 1.165) is 12.3 Å². The molecule has 0 amide bonds. The van der Waals surface area contributed by atoms with Crippen molar-refractivity contribution in [2.24, 2.45) is 11.8 Å². The van der Waals surface area contributed by atoms with Gasteiger partial charge in [0.2, 0.25) is 0 Å². The summed E-state index contributed by atoms with van der Waals surface area (Å²) < 4.78 is 13.7. The molecule has 2 aliphatic rings. The highest BCUT2D eigenvalue weighted by Gasteiger charge is 2.41. The molecule has 1 saturated carbocycles. The van der Waals surface area contributed by atoms with Gasteiger partial charge in [-0.3, -0.25) is 0 Å². The summed E-state index contributed by atoms with van der Waals surface area (Å²) in [5.74, 6) is 0.980. The number of anilines is 1. The Balaban J connectivity index is 1.74. The van der Waals surface area contributed by atoms with Gasteiger partial charge in [-0.15, -0.1) is 0 Å². The number of fused-ring (bicyclic) bond motifs is 1. The average Bonchev–Trinajstić information content (AvgIpc) is 2.69. The summed E-state index contributed by atoms with van der Waals surface area (Å²) in [4.78, 5) is 0.